The van der Waals surface area contributed by atoms with Crippen LogP contribution in [-0.4, -0.2) is 49.6 Å². The lowest BCUT2D eigenvalue weighted by molar-refractivity contribution is -0.135. The number of likely N-dealkylation sites (tertiary alicyclic amines) is 1. The molecule has 2 N–H and O–H groups in total. The van der Waals surface area contributed by atoms with Gasteiger partial charge >= 0.3 is 6.61 Å². The minimum absolute atomic E-state index is 0.00118. The number of nitrogens with zero attached hydrogens (tertiary/aromatic N) is 2. The highest BCUT2D eigenvalue weighted by molar-refractivity contribution is 5.81. The van der Waals surface area contributed by atoms with Gasteiger partial charge in [-0.15, -0.1) is 0 Å². The Balaban J connectivity index is 1.53. The molecule has 2 fully saturated rings. The van der Waals surface area contributed by atoms with Crippen LogP contribution in [0.15, 0.2) is 23.2 Å². The number of hydrogen-bond acceptors (Lipinski definition) is 3. The first-order chi connectivity index (χ1) is 14.5. The largest absolute Gasteiger partial charge is 0.434 e. The van der Waals surface area contributed by atoms with E-state index in [0.29, 0.717) is 19.0 Å². The van der Waals surface area contributed by atoms with E-state index in [1.165, 1.54) is 24.6 Å². The van der Waals surface area contributed by atoms with Gasteiger partial charge < -0.3 is 20.3 Å². The maximum atomic E-state index is 14.1. The Labute approximate surface area is 174 Å². The molecule has 1 heterocycles. The van der Waals surface area contributed by atoms with Crippen molar-refractivity contribution >= 4 is 11.9 Å². The van der Waals surface area contributed by atoms with E-state index in [1.807, 2.05) is 4.90 Å². The third kappa shape index (κ3) is 5.79. The Kier molecular flexibility index (Phi) is 7.81. The molecule has 1 aromatic rings. The highest BCUT2D eigenvalue weighted by Gasteiger charge is 2.31. The van der Waals surface area contributed by atoms with E-state index in [4.69, 9.17) is 0 Å². The van der Waals surface area contributed by atoms with Gasteiger partial charge in [0.25, 0.3) is 0 Å². The molecule has 1 amide bonds. The van der Waals surface area contributed by atoms with Crippen LogP contribution in [0.3, 0.4) is 0 Å². The average molecular weight is 426 g/mol. The molecule has 0 spiro atoms. The van der Waals surface area contributed by atoms with Gasteiger partial charge in [-0.3, -0.25) is 9.79 Å². The second-order valence-electron chi connectivity index (χ2n) is 7.77. The lowest BCUT2D eigenvalue weighted by Crippen LogP contribution is -2.45. The number of benzene rings is 1. The summed E-state index contributed by atoms with van der Waals surface area (Å²) in [6.07, 6.45) is 6.19. The second-order valence-corrected chi connectivity index (χ2v) is 7.77. The summed E-state index contributed by atoms with van der Waals surface area (Å²) in [7, 11) is 1.58. The summed E-state index contributed by atoms with van der Waals surface area (Å²) < 4.78 is 43.7. The predicted molar refractivity (Wildman–Crippen MR) is 108 cm³/mol. The van der Waals surface area contributed by atoms with Gasteiger partial charge in [-0.25, -0.2) is 4.39 Å². The van der Waals surface area contributed by atoms with Gasteiger partial charge in [0.15, 0.2) is 5.96 Å². The topological polar surface area (TPSA) is 66.0 Å². The van der Waals surface area contributed by atoms with Crippen molar-refractivity contribution in [3.8, 4) is 5.75 Å². The second kappa shape index (κ2) is 10.5. The molecule has 1 saturated heterocycles. The number of guanidine groups is 1. The number of rotatable bonds is 6. The number of hydrogen-bond donors (Lipinski definition) is 2. The molecule has 3 rings (SSSR count). The van der Waals surface area contributed by atoms with Crippen molar-refractivity contribution in [2.45, 2.75) is 57.7 Å². The molecule has 0 radical (unpaired) electrons. The molecule has 166 valence electrons. The van der Waals surface area contributed by atoms with Crippen LogP contribution in [0.2, 0.25) is 0 Å². The Morgan fingerprint density at radius 2 is 2.03 bits per heavy atom. The van der Waals surface area contributed by atoms with E-state index >= 15 is 0 Å². The van der Waals surface area contributed by atoms with Crippen LogP contribution < -0.4 is 15.4 Å². The first-order valence-corrected chi connectivity index (χ1v) is 10.5. The Bertz CT molecular complexity index is 754. The lowest BCUT2D eigenvalue weighted by atomic mass is 9.88. The smallest absolute Gasteiger partial charge is 0.387 e. The van der Waals surface area contributed by atoms with Crippen molar-refractivity contribution in [3.05, 3.63) is 29.6 Å². The average Bonchev–Trinajstić information content (AvgIpc) is 3.20. The molecule has 0 bridgehead atoms. The van der Waals surface area contributed by atoms with Gasteiger partial charge in [0, 0.05) is 44.2 Å². The van der Waals surface area contributed by atoms with Crippen molar-refractivity contribution in [2.24, 2.45) is 10.9 Å². The molecule has 9 heteroatoms. The number of ether oxygens (including phenoxy) is 1. The minimum Gasteiger partial charge on any atom is -0.434 e. The number of halogens is 3. The third-order valence-corrected chi connectivity index (χ3v) is 5.74. The van der Waals surface area contributed by atoms with E-state index in [9.17, 15) is 18.0 Å². The highest BCUT2D eigenvalue weighted by Crippen LogP contribution is 2.27. The van der Waals surface area contributed by atoms with Crippen molar-refractivity contribution in [1.29, 1.82) is 0 Å². The molecule has 1 aliphatic heterocycles. The number of nitrogens with one attached hydrogen (secondary N) is 2. The molecular weight excluding hydrogens is 397 g/mol. The van der Waals surface area contributed by atoms with Gasteiger partial charge in [0.2, 0.25) is 5.91 Å². The summed E-state index contributed by atoms with van der Waals surface area (Å²) in [5.41, 5.74) is 0.00118. The predicted octanol–water partition coefficient (Wildman–Crippen LogP) is 3.27. The molecule has 0 aromatic heterocycles. The number of carbonyl (C=O) groups is 1. The summed E-state index contributed by atoms with van der Waals surface area (Å²) >= 11 is 0. The van der Waals surface area contributed by atoms with Gasteiger partial charge in [-0.05, 0) is 31.4 Å². The summed E-state index contributed by atoms with van der Waals surface area (Å²) in [5, 5.41) is 6.18. The van der Waals surface area contributed by atoms with Crippen molar-refractivity contribution in [3.63, 3.8) is 0 Å². The maximum Gasteiger partial charge on any atom is 0.387 e. The van der Waals surface area contributed by atoms with E-state index < -0.39 is 12.4 Å². The Morgan fingerprint density at radius 1 is 1.27 bits per heavy atom. The van der Waals surface area contributed by atoms with Crippen molar-refractivity contribution in [1.82, 2.24) is 15.5 Å². The molecule has 1 atom stereocenters. The molecule has 6 nitrogen and oxygen atoms in total. The summed E-state index contributed by atoms with van der Waals surface area (Å²) in [4.78, 5) is 18.7. The molecule has 1 saturated carbocycles. The number of amides is 1. The maximum absolute atomic E-state index is 14.1. The quantitative estimate of drug-likeness (QED) is 0.541. The van der Waals surface area contributed by atoms with E-state index in [1.54, 1.807) is 7.05 Å². The van der Waals surface area contributed by atoms with Crippen LogP contribution in [-0.2, 0) is 11.3 Å². The van der Waals surface area contributed by atoms with E-state index in [-0.39, 0.29) is 35.7 Å². The normalized spacial score (nSPS) is 20.5. The fourth-order valence-corrected chi connectivity index (χ4v) is 4.16. The SMILES string of the molecule is CN=C(NCc1c(F)cccc1OC(F)F)NC1CCN(C(=O)C2CCCCC2)C1. The van der Waals surface area contributed by atoms with Gasteiger partial charge in [0.1, 0.15) is 11.6 Å². The number of aliphatic imine (C=N–C) groups is 1. The third-order valence-electron chi connectivity index (χ3n) is 5.74. The lowest BCUT2D eigenvalue weighted by Gasteiger charge is -2.26. The summed E-state index contributed by atoms with van der Waals surface area (Å²) in [6.45, 7) is -1.81. The van der Waals surface area contributed by atoms with Crippen LogP contribution >= 0.6 is 0 Å². The zero-order valence-electron chi connectivity index (χ0n) is 17.2. The monoisotopic (exact) mass is 426 g/mol. The van der Waals surface area contributed by atoms with E-state index in [2.05, 4.69) is 20.4 Å². The zero-order chi connectivity index (χ0) is 21.5. The summed E-state index contributed by atoms with van der Waals surface area (Å²) in [6, 6.07) is 3.84. The van der Waals surface area contributed by atoms with Gasteiger partial charge in [0.05, 0.1) is 0 Å². The fraction of sp³-hybridized carbons (Fsp3) is 0.619. The van der Waals surface area contributed by atoms with Crippen LogP contribution in [0.4, 0.5) is 13.2 Å². The molecule has 30 heavy (non-hydrogen) atoms. The molecule has 2 aliphatic rings. The molecule has 1 aliphatic carbocycles. The van der Waals surface area contributed by atoms with Crippen molar-refractivity contribution < 1.29 is 22.7 Å². The Morgan fingerprint density at radius 3 is 2.73 bits per heavy atom. The zero-order valence-corrected chi connectivity index (χ0v) is 17.2. The van der Waals surface area contributed by atoms with Crippen LogP contribution in [0.5, 0.6) is 5.75 Å². The highest BCUT2D eigenvalue weighted by atomic mass is 19.3. The van der Waals surface area contributed by atoms with Crippen LogP contribution in [0.25, 0.3) is 0 Å². The first-order valence-electron chi connectivity index (χ1n) is 10.5. The molecular formula is C21H29F3N4O2. The van der Waals surface area contributed by atoms with Crippen molar-refractivity contribution in [2.75, 3.05) is 20.1 Å². The standard InChI is InChI=1S/C21H29F3N4O2/c1-25-21(26-12-16-17(22)8-5-9-18(16)30-20(23)24)27-15-10-11-28(13-15)19(29)14-6-3-2-4-7-14/h5,8-9,14-15,20H,2-4,6-7,10-13H2,1H3,(H2,25,26,27). The fourth-order valence-electron chi connectivity index (χ4n) is 4.16. The van der Waals surface area contributed by atoms with Crippen LogP contribution in [0, 0.1) is 11.7 Å². The van der Waals surface area contributed by atoms with Crippen LogP contribution in [0.1, 0.15) is 44.1 Å². The number of carbonyl (C=O) groups excluding carboxylic acids is 1. The number of alkyl halides is 2. The molecule has 1 unspecified atom stereocenters. The Hall–Kier alpha value is -2.45. The van der Waals surface area contributed by atoms with Gasteiger partial charge in [-0.1, -0.05) is 25.3 Å². The van der Waals surface area contributed by atoms with Gasteiger partial charge in [-0.2, -0.15) is 8.78 Å². The minimum atomic E-state index is -3.03. The summed E-state index contributed by atoms with van der Waals surface area (Å²) in [5.74, 6) is -0.0520. The van der Waals surface area contributed by atoms with E-state index in [0.717, 1.165) is 32.1 Å². The molecule has 1 aromatic carbocycles. The first kappa shape index (κ1) is 22.2.